The van der Waals surface area contributed by atoms with Crippen LogP contribution in [-0.4, -0.2) is 18.7 Å². The molecule has 19 heavy (non-hydrogen) atoms. The Kier molecular flexibility index (Phi) is 2.38. The largest absolute Gasteiger partial charge is 0.872 e. The number of ketones is 2. The monoisotopic (exact) mass is 253 g/mol. The van der Waals surface area contributed by atoms with Gasteiger partial charge in [0.25, 0.3) is 0 Å². The Hall–Kier alpha value is -2.62. The van der Waals surface area contributed by atoms with E-state index >= 15 is 0 Å². The van der Waals surface area contributed by atoms with E-state index < -0.39 is 11.5 Å². The minimum atomic E-state index is -0.455. The molecule has 4 nitrogen and oxygen atoms in total. The first-order valence-electron chi connectivity index (χ1n) is 5.71. The van der Waals surface area contributed by atoms with E-state index in [1.165, 1.54) is 19.2 Å². The van der Waals surface area contributed by atoms with Crippen LogP contribution in [0.4, 0.5) is 0 Å². The van der Waals surface area contributed by atoms with E-state index in [4.69, 9.17) is 4.74 Å². The lowest BCUT2D eigenvalue weighted by Gasteiger charge is -2.24. The first-order chi connectivity index (χ1) is 9.15. The fourth-order valence-corrected chi connectivity index (χ4v) is 2.33. The van der Waals surface area contributed by atoms with Gasteiger partial charge in [-0.1, -0.05) is 36.1 Å². The highest BCUT2D eigenvalue weighted by molar-refractivity contribution is 6.30. The van der Waals surface area contributed by atoms with E-state index in [-0.39, 0.29) is 28.2 Å². The summed E-state index contributed by atoms with van der Waals surface area (Å²) in [6, 6.07) is 9.14. The molecule has 0 N–H and O–H groups in total. The van der Waals surface area contributed by atoms with E-state index in [1.807, 2.05) is 0 Å². The average molecular weight is 253 g/mol. The molecule has 3 rings (SSSR count). The van der Waals surface area contributed by atoms with E-state index in [0.717, 1.165) is 0 Å². The van der Waals surface area contributed by atoms with E-state index in [0.29, 0.717) is 5.56 Å². The van der Waals surface area contributed by atoms with Crippen LogP contribution in [0.1, 0.15) is 31.8 Å². The minimum Gasteiger partial charge on any atom is -0.872 e. The lowest BCUT2D eigenvalue weighted by molar-refractivity contribution is -0.268. The highest BCUT2D eigenvalue weighted by atomic mass is 16.5. The molecule has 1 aliphatic rings. The first-order valence-corrected chi connectivity index (χ1v) is 5.71. The van der Waals surface area contributed by atoms with Gasteiger partial charge in [0, 0.05) is 16.7 Å². The van der Waals surface area contributed by atoms with E-state index in [1.54, 1.807) is 24.3 Å². The topological polar surface area (TPSA) is 66.4 Å². The summed E-state index contributed by atoms with van der Waals surface area (Å²) in [7, 11) is 1.40. The van der Waals surface area contributed by atoms with Crippen LogP contribution in [0.15, 0.2) is 36.4 Å². The van der Waals surface area contributed by atoms with Gasteiger partial charge in [0.05, 0.1) is 12.7 Å². The van der Waals surface area contributed by atoms with Crippen LogP contribution >= 0.6 is 0 Å². The number of ether oxygens (including phenoxy) is 1. The highest BCUT2D eigenvalue weighted by Crippen LogP contribution is 2.36. The van der Waals surface area contributed by atoms with Crippen LogP contribution in [0.25, 0.3) is 0 Å². The molecule has 0 saturated heterocycles. The van der Waals surface area contributed by atoms with Gasteiger partial charge in [-0.3, -0.25) is 9.59 Å². The zero-order chi connectivity index (χ0) is 13.6. The summed E-state index contributed by atoms with van der Waals surface area (Å²) < 4.78 is 5.09. The van der Waals surface area contributed by atoms with Crippen LogP contribution < -0.4 is 9.84 Å². The molecular weight excluding hydrogens is 244 g/mol. The minimum absolute atomic E-state index is 0.0682. The Labute approximate surface area is 109 Å². The molecular formula is C15H9O4-. The number of hydrogen-bond donors (Lipinski definition) is 0. The molecule has 0 heterocycles. The molecule has 0 aromatic heterocycles. The number of fused-ring (bicyclic) bond motifs is 2. The quantitative estimate of drug-likeness (QED) is 0.659. The SMILES string of the molecule is COc1ccc([O-])c2c1C(=O)c1ccccc1C2=O. The van der Waals surface area contributed by atoms with Gasteiger partial charge in [-0.05, 0) is 6.07 Å². The lowest BCUT2D eigenvalue weighted by atomic mass is 9.83. The fraction of sp³-hybridized carbons (Fsp3) is 0.0667. The molecule has 0 aliphatic heterocycles. The maximum absolute atomic E-state index is 12.4. The van der Waals surface area contributed by atoms with Crippen LogP contribution in [-0.2, 0) is 0 Å². The van der Waals surface area contributed by atoms with Crippen molar-refractivity contribution in [3.63, 3.8) is 0 Å². The van der Waals surface area contributed by atoms with E-state index in [2.05, 4.69) is 0 Å². The van der Waals surface area contributed by atoms with Crippen LogP contribution in [0.3, 0.4) is 0 Å². The Morgan fingerprint density at radius 1 is 0.895 bits per heavy atom. The van der Waals surface area contributed by atoms with Gasteiger partial charge in [-0.15, -0.1) is 0 Å². The smallest absolute Gasteiger partial charge is 0.198 e. The third-order valence-corrected chi connectivity index (χ3v) is 3.22. The van der Waals surface area contributed by atoms with Gasteiger partial charge in [0.2, 0.25) is 0 Å². The number of carbonyl (C=O) groups excluding carboxylic acids is 2. The van der Waals surface area contributed by atoms with Crippen molar-refractivity contribution in [2.45, 2.75) is 0 Å². The molecule has 0 atom stereocenters. The molecule has 0 amide bonds. The van der Waals surface area contributed by atoms with Gasteiger partial charge in [0.1, 0.15) is 5.75 Å². The number of methoxy groups -OCH3 is 1. The summed E-state index contributed by atoms with van der Waals surface area (Å²) in [5.74, 6) is -0.972. The Morgan fingerprint density at radius 3 is 2.05 bits per heavy atom. The molecule has 0 unspecified atom stereocenters. The van der Waals surface area contributed by atoms with Crippen molar-refractivity contribution in [1.82, 2.24) is 0 Å². The van der Waals surface area contributed by atoms with Crippen molar-refractivity contribution in [2.75, 3.05) is 7.11 Å². The predicted molar refractivity (Wildman–Crippen MR) is 65.7 cm³/mol. The number of benzene rings is 2. The molecule has 2 aromatic rings. The second kappa shape index (κ2) is 3.95. The maximum atomic E-state index is 12.4. The average Bonchev–Trinajstić information content (AvgIpc) is 2.44. The molecule has 94 valence electrons. The third-order valence-electron chi connectivity index (χ3n) is 3.22. The Morgan fingerprint density at radius 2 is 1.47 bits per heavy atom. The fourth-order valence-electron chi connectivity index (χ4n) is 2.33. The van der Waals surface area contributed by atoms with Crippen LogP contribution in [0.5, 0.6) is 11.5 Å². The third kappa shape index (κ3) is 1.46. The van der Waals surface area contributed by atoms with Crippen molar-refractivity contribution in [3.8, 4) is 11.5 Å². The number of carbonyl (C=O) groups is 2. The zero-order valence-corrected chi connectivity index (χ0v) is 10.1. The summed E-state index contributed by atoms with van der Waals surface area (Å²) in [5.41, 5.74) is 0.552. The second-order valence-electron chi connectivity index (χ2n) is 4.22. The molecule has 0 fully saturated rings. The van der Waals surface area contributed by atoms with Crippen molar-refractivity contribution in [2.24, 2.45) is 0 Å². The summed E-state index contributed by atoms with van der Waals surface area (Å²) in [4.78, 5) is 24.7. The Balaban J connectivity index is 2.38. The van der Waals surface area contributed by atoms with Gasteiger partial charge in [0.15, 0.2) is 11.6 Å². The maximum Gasteiger partial charge on any atom is 0.198 e. The van der Waals surface area contributed by atoms with Gasteiger partial charge in [-0.25, -0.2) is 0 Å². The molecule has 2 aromatic carbocycles. The zero-order valence-electron chi connectivity index (χ0n) is 10.1. The standard InChI is InChI=1S/C15H10O4/c1-19-11-7-6-10(16)12-13(11)15(18)9-5-3-2-4-8(9)14(12)17/h2-7,16H,1H3/p-1. The molecule has 0 saturated carbocycles. The molecule has 1 aliphatic carbocycles. The van der Waals surface area contributed by atoms with Gasteiger partial charge < -0.3 is 9.84 Å². The number of hydrogen-bond acceptors (Lipinski definition) is 4. The van der Waals surface area contributed by atoms with Crippen LogP contribution in [0, 0.1) is 0 Å². The number of rotatable bonds is 1. The first kappa shape index (κ1) is 11.5. The highest BCUT2D eigenvalue weighted by Gasteiger charge is 2.32. The molecule has 0 bridgehead atoms. The molecule has 0 spiro atoms. The Bertz CT molecular complexity index is 716. The van der Waals surface area contributed by atoms with Crippen LogP contribution in [0.2, 0.25) is 0 Å². The summed E-state index contributed by atoms with van der Waals surface area (Å²) in [5, 5.41) is 11.9. The lowest BCUT2D eigenvalue weighted by Crippen LogP contribution is -2.23. The molecule has 0 radical (unpaired) electrons. The van der Waals surface area contributed by atoms with E-state index in [9.17, 15) is 14.7 Å². The molecule has 4 heteroatoms. The van der Waals surface area contributed by atoms with Crippen molar-refractivity contribution in [3.05, 3.63) is 58.7 Å². The van der Waals surface area contributed by atoms with Crippen molar-refractivity contribution >= 4 is 11.6 Å². The second-order valence-corrected chi connectivity index (χ2v) is 4.22. The normalized spacial score (nSPS) is 12.9. The van der Waals surface area contributed by atoms with Gasteiger partial charge in [-0.2, -0.15) is 0 Å². The van der Waals surface area contributed by atoms with Crippen molar-refractivity contribution < 1.29 is 19.4 Å². The summed E-state index contributed by atoms with van der Waals surface area (Å²) in [6.45, 7) is 0. The summed E-state index contributed by atoms with van der Waals surface area (Å²) in [6.07, 6.45) is 0. The summed E-state index contributed by atoms with van der Waals surface area (Å²) >= 11 is 0. The predicted octanol–water partition coefficient (Wildman–Crippen LogP) is 1.54. The van der Waals surface area contributed by atoms with Gasteiger partial charge >= 0.3 is 0 Å². The van der Waals surface area contributed by atoms with Crippen molar-refractivity contribution in [1.29, 1.82) is 0 Å².